The fourth-order valence-corrected chi connectivity index (χ4v) is 11.8. The zero-order valence-electron chi connectivity index (χ0n) is 35.5. The minimum absolute atomic E-state index is 0.0650. The molecular weight excluding hydrogens is 785 g/mol. The predicted octanol–water partition coefficient (Wildman–Crippen LogP) is 10.8. The second kappa shape index (κ2) is 18.3. The number of fused-ring (bicyclic) bond motifs is 6. The molecular formula is C51H58N2O5S2. The first-order valence-corrected chi connectivity index (χ1v) is 24.1. The van der Waals surface area contributed by atoms with Crippen LogP contribution in [-0.2, 0) is 25.7 Å². The van der Waals surface area contributed by atoms with Gasteiger partial charge in [0.15, 0.2) is 5.71 Å². The van der Waals surface area contributed by atoms with Crippen LogP contribution in [0, 0.1) is 6.92 Å². The number of carbonyl (C=O) groups is 1. The zero-order chi connectivity index (χ0) is 42.7. The summed E-state index contributed by atoms with van der Waals surface area (Å²) in [7, 11) is -4.14. The largest absolute Gasteiger partial charge is 0.550 e. The lowest BCUT2D eigenvalue weighted by atomic mass is 9.78. The van der Waals surface area contributed by atoms with Crippen LogP contribution in [0.2, 0.25) is 0 Å². The summed E-state index contributed by atoms with van der Waals surface area (Å²) in [6, 6.07) is 26.0. The lowest BCUT2D eigenvalue weighted by Gasteiger charge is -2.28. The van der Waals surface area contributed by atoms with Crippen molar-refractivity contribution in [2.75, 3.05) is 29.5 Å². The highest BCUT2D eigenvalue weighted by molar-refractivity contribution is 8.04. The fourth-order valence-electron chi connectivity index (χ4n) is 9.70. The topological polar surface area (TPSA) is 101 Å². The molecule has 9 heteroatoms. The van der Waals surface area contributed by atoms with Gasteiger partial charge in [-0.15, -0.1) is 11.8 Å². The fraction of sp³-hybridized carbons (Fsp3) is 0.392. The molecule has 2 heterocycles. The molecule has 0 spiro atoms. The van der Waals surface area contributed by atoms with Gasteiger partial charge in [-0.1, -0.05) is 87.0 Å². The number of rotatable bonds is 17. The van der Waals surface area contributed by atoms with Crippen molar-refractivity contribution in [2.24, 2.45) is 0 Å². The Balaban J connectivity index is 1.30. The van der Waals surface area contributed by atoms with E-state index in [1.807, 2.05) is 0 Å². The highest BCUT2D eigenvalue weighted by Gasteiger charge is 2.45. The highest BCUT2D eigenvalue weighted by atomic mass is 32.2. The van der Waals surface area contributed by atoms with E-state index in [-0.39, 0.29) is 28.8 Å². The zero-order valence-corrected chi connectivity index (χ0v) is 37.1. The minimum Gasteiger partial charge on any atom is -0.550 e. The molecule has 0 saturated heterocycles. The Labute approximate surface area is 361 Å². The molecule has 1 N–H and O–H groups in total. The van der Waals surface area contributed by atoms with Crippen LogP contribution < -0.4 is 10.0 Å². The van der Waals surface area contributed by atoms with Gasteiger partial charge in [-0.2, -0.15) is 13.0 Å². The van der Waals surface area contributed by atoms with Gasteiger partial charge in [0.2, 0.25) is 5.69 Å². The molecule has 0 amide bonds. The minimum atomic E-state index is -4.14. The maximum atomic E-state index is 12.0. The van der Waals surface area contributed by atoms with Gasteiger partial charge in [0, 0.05) is 64.1 Å². The highest BCUT2D eigenvalue weighted by Crippen LogP contribution is 2.51. The van der Waals surface area contributed by atoms with Gasteiger partial charge in [-0.05, 0) is 129 Å². The normalized spacial score (nSPS) is 18.8. The first-order valence-electron chi connectivity index (χ1n) is 21.5. The van der Waals surface area contributed by atoms with Crippen LogP contribution in [0.15, 0.2) is 119 Å². The molecule has 4 aromatic rings. The summed E-state index contributed by atoms with van der Waals surface area (Å²) >= 11 is 1.51. The van der Waals surface area contributed by atoms with Crippen molar-refractivity contribution in [2.45, 2.75) is 103 Å². The average Bonchev–Trinajstić information content (AvgIpc) is 3.57. The van der Waals surface area contributed by atoms with Crippen molar-refractivity contribution < 1.29 is 27.4 Å². The SMILES string of the molecule is [CH]CCCC[N+]1=C(/C=C/C2=C(SCCS(=O)(=O)O)C(=C\C=C3/N(CCCCCC(=O)[O-])c4ccc5ccccc5c4C3(C)C)/CCC2)C(C)(C)c2c1ccc1ccccc21. The van der Waals surface area contributed by atoms with Crippen LogP contribution in [0.1, 0.15) is 103 Å². The number of anilines is 1. The molecule has 2 radical (unpaired) electrons. The standard InChI is InChI=1S/C51H58N2O5S2/c1-6-7-14-32-52-42-28-24-36-17-10-12-21-40(36)47(42)50(2,3)44(52)30-26-38-19-16-20-39(49(38)59-34-35-60(56,57)58)27-31-45-51(4,5)48-41-22-13-11-18-37(41)25-29-43(48)53(45)33-15-8-9-23-46(54)55/h1,10-13,17-18,21-22,24-31H,6-9,14-16,19-20,23,32-35H2,2-5H3,(H-,54,55,56,57,58). The Morgan fingerprint density at radius 1 is 0.850 bits per heavy atom. The summed E-state index contributed by atoms with van der Waals surface area (Å²) in [5.74, 6) is -1.09. The van der Waals surface area contributed by atoms with E-state index in [1.54, 1.807) is 0 Å². The maximum Gasteiger partial charge on any atom is 0.265 e. The molecule has 0 fully saturated rings. The van der Waals surface area contributed by atoms with Crippen LogP contribution in [0.25, 0.3) is 21.5 Å². The van der Waals surface area contributed by atoms with Gasteiger partial charge >= 0.3 is 0 Å². The number of nitrogens with zero attached hydrogens (tertiary/aromatic N) is 2. The van der Waals surface area contributed by atoms with Gasteiger partial charge in [0.25, 0.3) is 10.1 Å². The molecule has 7 rings (SSSR count). The second-order valence-electron chi connectivity index (χ2n) is 17.4. The Morgan fingerprint density at radius 2 is 1.55 bits per heavy atom. The molecule has 0 aromatic heterocycles. The summed E-state index contributed by atoms with van der Waals surface area (Å²) < 4.78 is 36.1. The van der Waals surface area contributed by atoms with Gasteiger partial charge < -0.3 is 14.8 Å². The smallest absolute Gasteiger partial charge is 0.265 e. The molecule has 0 bridgehead atoms. The molecule has 7 nitrogen and oxygen atoms in total. The predicted molar refractivity (Wildman–Crippen MR) is 248 cm³/mol. The number of thioether (sulfide) groups is 1. The molecule has 1 aliphatic carbocycles. The molecule has 60 heavy (non-hydrogen) atoms. The summed E-state index contributed by atoms with van der Waals surface area (Å²) in [4.78, 5) is 14.6. The van der Waals surface area contributed by atoms with Gasteiger partial charge in [0.1, 0.15) is 6.54 Å². The number of hydrogen-bond acceptors (Lipinski definition) is 6. The third-order valence-corrected chi connectivity index (χ3v) is 14.8. The maximum absolute atomic E-state index is 12.0. The molecule has 4 aromatic carbocycles. The van der Waals surface area contributed by atoms with Crippen molar-refractivity contribution >= 4 is 66.5 Å². The number of carboxylic acids is 1. The lowest BCUT2D eigenvalue weighted by Crippen LogP contribution is -2.28. The first-order chi connectivity index (χ1) is 28.7. The Kier molecular flexibility index (Phi) is 13.3. The van der Waals surface area contributed by atoms with E-state index in [0.717, 1.165) is 68.5 Å². The van der Waals surface area contributed by atoms with Crippen LogP contribution in [0.3, 0.4) is 0 Å². The molecule has 2 aliphatic heterocycles. The van der Waals surface area contributed by atoms with Crippen molar-refractivity contribution in [3.05, 3.63) is 137 Å². The lowest BCUT2D eigenvalue weighted by molar-refractivity contribution is -0.438. The van der Waals surface area contributed by atoms with Crippen molar-refractivity contribution in [1.82, 2.24) is 0 Å². The number of unbranched alkanes of at least 4 members (excludes halogenated alkanes) is 4. The number of carboxylic acid groups (broad SMARTS) is 1. The summed E-state index contributed by atoms with van der Waals surface area (Å²) in [6.45, 7) is 16.8. The van der Waals surface area contributed by atoms with E-state index in [9.17, 15) is 22.9 Å². The van der Waals surface area contributed by atoms with Gasteiger partial charge in [0.05, 0.1) is 11.2 Å². The monoisotopic (exact) mass is 842 g/mol. The number of allylic oxidation sites excluding steroid dienone is 7. The Bertz CT molecular complexity index is 2560. The molecule has 0 atom stereocenters. The second-order valence-corrected chi connectivity index (χ2v) is 20.1. The molecule has 3 aliphatic rings. The summed E-state index contributed by atoms with van der Waals surface area (Å²) in [6.07, 6.45) is 16.6. The van der Waals surface area contributed by atoms with Gasteiger partial charge in [-0.25, -0.2) is 0 Å². The summed E-state index contributed by atoms with van der Waals surface area (Å²) in [5.41, 5.74) is 9.16. The Morgan fingerprint density at radius 3 is 2.25 bits per heavy atom. The van der Waals surface area contributed by atoms with Gasteiger partial charge in [-0.3, -0.25) is 4.55 Å². The number of aliphatic carboxylic acids is 1. The van der Waals surface area contributed by atoms with Crippen molar-refractivity contribution in [3.63, 3.8) is 0 Å². The van der Waals surface area contributed by atoms with Crippen molar-refractivity contribution in [1.29, 1.82) is 0 Å². The third-order valence-electron chi connectivity index (χ3n) is 12.6. The van der Waals surface area contributed by atoms with Crippen LogP contribution in [-0.4, -0.2) is 53.8 Å². The quantitative estimate of drug-likeness (QED) is 0.0642. The third kappa shape index (κ3) is 9.09. The molecule has 0 saturated carbocycles. The average molecular weight is 843 g/mol. The Hall–Kier alpha value is -4.44. The van der Waals surface area contributed by atoms with Crippen LogP contribution in [0.5, 0.6) is 0 Å². The van der Waals surface area contributed by atoms with E-state index >= 15 is 0 Å². The molecule has 0 unspecified atom stereocenters. The van der Waals surface area contributed by atoms with E-state index in [0.29, 0.717) is 12.8 Å². The van der Waals surface area contributed by atoms with Crippen LogP contribution in [0.4, 0.5) is 11.4 Å². The molecule has 314 valence electrons. The van der Waals surface area contributed by atoms with Crippen LogP contribution >= 0.6 is 11.8 Å². The summed E-state index contributed by atoms with van der Waals surface area (Å²) in [5, 5.41) is 16.0. The van der Waals surface area contributed by atoms with E-state index in [4.69, 9.17) is 6.92 Å². The number of benzene rings is 4. The first kappa shape index (κ1) is 43.6. The van der Waals surface area contributed by atoms with E-state index < -0.39 is 16.1 Å². The van der Waals surface area contributed by atoms with Crippen molar-refractivity contribution in [3.8, 4) is 0 Å². The number of hydrogen-bond donors (Lipinski definition) is 1. The van der Waals surface area contributed by atoms with E-state index in [2.05, 4.69) is 134 Å². The van der Waals surface area contributed by atoms with E-state index in [1.165, 1.54) is 72.8 Å². The number of carbonyl (C=O) groups excluding carboxylic acids is 1.